The highest BCUT2D eigenvalue weighted by atomic mass is 35.5. The molecule has 1 heterocycles. The molecule has 3 atom stereocenters. The molecular weight excluding hydrogens is 253 g/mol. The number of ether oxygens (including phenoxy) is 1. The van der Waals surface area contributed by atoms with Crippen LogP contribution in [0.5, 0.6) is 0 Å². The molecule has 1 aliphatic heterocycles. The van der Waals surface area contributed by atoms with Gasteiger partial charge in [0, 0.05) is 23.6 Å². The summed E-state index contributed by atoms with van der Waals surface area (Å²) in [6.45, 7) is 4.56. The fourth-order valence-corrected chi connectivity index (χ4v) is 2.94. The first-order chi connectivity index (χ1) is 8.54. The summed E-state index contributed by atoms with van der Waals surface area (Å²) in [5.74, 6) is -0.0250. The molecular formula is C14H19ClFNO. The molecule has 2 N–H and O–H groups in total. The van der Waals surface area contributed by atoms with Gasteiger partial charge in [-0.05, 0) is 37.0 Å². The molecule has 2 rings (SSSR count). The van der Waals surface area contributed by atoms with Gasteiger partial charge in [0.25, 0.3) is 0 Å². The number of hydrogen-bond donors (Lipinski definition) is 1. The molecule has 1 fully saturated rings. The molecule has 100 valence electrons. The first kappa shape index (κ1) is 13.8. The second-order valence-corrected chi connectivity index (χ2v) is 5.33. The molecule has 18 heavy (non-hydrogen) atoms. The van der Waals surface area contributed by atoms with Gasteiger partial charge in [-0.15, -0.1) is 0 Å². The minimum absolute atomic E-state index is 0.182. The predicted molar refractivity (Wildman–Crippen MR) is 71.2 cm³/mol. The van der Waals surface area contributed by atoms with E-state index in [0.29, 0.717) is 10.6 Å². The van der Waals surface area contributed by atoms with Gasteiger partial charge in [0.05, 0.1) is 6.10 Å². The molecule has 1 aliphatic rings. The molecule has 0 radical (unpaired) electrons. The normalized spacial score (nSPS) is 25.4. The van der Waals surface area contributed by atoms with Gasteiger partial charge in [-0.2, -0.15) is 0 Å². The monoisotopic (exact) mass is 271 g/mol. The molecule has 0 bridgehead atoms. The average Bonchev–Trinajstić information content (AvgIpc) is 2.81. The minimum Gasteiger partial charge on any atom is -0.378 e. The van der Waals surface area contributed by atoms with Crippen LogP contribution in [0.25, 0.3) is 0 Å². The summed E-state index contributed by atoms with van der Waals surface area (Å²) in [5, 5.41) is 0.410. The van der Waals surface area contributed by atoms with Crippen molar-refractivity contribution >= 4 is 11.6 Å². The van der Waals surface area contributed by atoms with Gasteiger partial charge in [-0.25, -0.2) is 4.39 Å². The maximum absolute atomic E-state index is 13.4. The van der Waals surface area contributed by atoms with Crippen molar-refractivity contribution in [2.24, 2.45) is 11.7 Å². The van der Waals surface area contributed by atoms with E-state index in [1.165, 1.54) is 6.07 Å². The highest BCUT2D eigenvalue weighted by molar-refractivity contribution is 6.31. The lowest BCUT2D eigenvalue weighted by Gasteiger charge is -2.25. The molecule has 0 spiro atoms. The van der Waals surface area contributed by atoms with Gasteiger partial charge in [0.15, 0.2) is 0 Å². The molecule has 1 aromatic rings. The molecule has 1 aromatic carbocycles. The van der Waals surface area contributed by atoms with E-state index >= 15 is 0 Å². The van der Waals surface area contributed by atoms with Crippen molar-refractivity contribution in [2.75, 3.05) is 6.61 Å². The van der Waals surface area contributed by atoms with Gasteiger partial charge in [-0.1, -0.05) is 24.6 Å². The van der Waals surface area contributed by atoms with Crippen LogP contribution in [0, 0.1) is 18.7 Å². The lowest BCUT2D eigenvalue weighted by atomic mass is 9.87. The zero-order chi connectivity index (χ0) is 13.3. The summed E-state index contributed by atoms with van der Waals surface area (Å²) in [6, 6.07) is 2.92. The van der Waals surface area contributed by atoms with E-state index in [0.717, 1.165) is 25.0 Å². The van der Waals surface area contributed by atoms with Gasteiger partial charge in [0.2, 0.25) is 0 Å². The standard InChI is InChI=1S/C14H19ClFNO/c1-3-13-9(4-5-18-13)14(17)10-6-8(2)12(16)7-11(10)15/h6-7,9,13-14H,3-5,17H2,1-2H3. The summed E-state index contributed by atoms with van der Waals surface area (Å²) >= 11 is 6.10. The van der Waals surface area contributed by atoms with Crippen molar-refractivity contribution in [3.05, 3.63) is 34.1 Å². The summed E-state index contributed by atoms with van der Waals surface area (Å²) in [4.78, 5) is 0. The quantitative estimate of drug-likeness (QED) is 0.912. The van der Waals surface area contributed by atoms with Crippen LogP contribution in [0.1, 0.15) is 36.9 Å². The van der Waals surface area contributed by atoms with Crippen molar-refractivity contribution in [1.82, 2.24) is 0 Å². The summed E-state index contributed by atoms with van der Waals surface area (Å²) in [6.07, 6.45) is 2.06. The van der Waals surface area contributed by atoms with Crippen LogP contribution in [0.15, 0.2) is 12.1 Å². The molecule has 3 unspecified atom stereocenters. The van der Waals surface area contributed by atoms with Gasteiger partial charge in [-0.3, -0.25) is 0 Å². The van der Waals surface area contributed by atoms with Crippen LogP contribution in [-0.4, -0.2) is 12.7 Å². The molecule has 0 saturated carbocycles. The van der Waals surface area contributed by atoms with Crippen LogP contribution >= 0.6 is 11.6 Å². The van der Waals surface area contributed by atoms with E-state index in [1.807, 2.05) is 0 Å². The number of aryl methyl sites for hydroxylation is 1. The van der Waals surface area contributed by atoms with Crippen molar-refractivity contribution < 1.29 is 9.13 Å². The Hall–Kier alpha value is -0.640. The number of hydrogen-bond acceptors (Lipinski definition) is 2. The highest BCUT2D eigenvalue weighted by Gasteiger charge is 2.33. The van der Waals surface area contributed by atoms with Crippen molar-refractivity contribution in [2.45, 2.75) is 38.8 Å². The molecule has 0 aliphatic carbocycles. The van der Waals surface area contributed by atoms with Gasteiger partial charge < -0.3 is 10.5 Å². The Morgan fingerprint density at radius 2 is 2.28 bits per heavy atom. The number of benzene rings is 1. The lowest BCUT2D eigenvalue weighted by Crippen LogP contribution is -2.28. The summed E-state index contributed by atoms with van der Waals surface area (Å²) in [5.41, 5.74) is 7.70. The highest BCUT2D eigenvalue weighted by Crippen LogP contribution is 2.36. The molecule has 1 saturated heterocycles. The number of halogens is 2. The van der Waals surface area contributed by atoms with Crippen LogP contribution in [-0.2, 0) is 4.74 Å². The van der Waals surface area contributed by atoms with E-state index in [9.17, 15) is 4.39 Å². The summed E-state index contributed by atoms with van der Waals surface area (Å²) in [7, 11) is 0. The largest absolute Gasteiger partial charge is 0.378 e. The third-order valence-electron chi connectivity index (χ3n) is 3.76. The van der Waals surface area contributed by atoms with Crippen molar-refractivity contribution in [3.63, 3.8) is 0 Å². The van der Waals surface area contributed by atoms with Crippen molar-refractivity contribution in [3.8, 4) is 0 Å². The van der Waals surface area contributed by atoms with Crippen LogP contribution in [0.4, 0.5) is 4.39 Å². The Kier molecular flexibility index (Phi) is 4.25. The molecule has 4 heteroatoms. The van der Waals surface area contributed by atoms with Crippen LogP contribution < -0.4 is 5.73 Å². The van der Waals surface area contributed by atoms with E-state index in [-0.39, 0.29) is 23.9 Å². The Bertz CT molecular complexity index is 438. The molecule has 0 aromatic heterocycles. The Morgan fingerprint density at radius 3 is 2.94 bits per heavy atom. The third-order valence-corrected chi connectivity index (χ3v) is 4.09. The van der Waals surface area contributed by atoms with Gasteiger partial charge in [0.1, 0.15) is 5.82 Å². The van der Waals surface area contributed by atoms with E-state index in [1.54, 1.807) is 13.0 Å². The molecule has 0 amide bonds. The Balaban J connectivity index is 2.28. The Morgan fingerprint density at radius 1 is 1.56 bits per heavy atom. The van der Waals surface area contributed by atoms with Crippen LogP contribution in [0.2, 0.25) is 5.02 Å². The maximum atomic E-state index is 13.4. The van der Waals surface area contributed by atoms with Crippen LogP contribution in [0.3, 0.4) is 0 Å². The maximum Gasteiger partial charge on any atom is 0.127 e. The fraction of sp³-hybridized carbons (Fsp3) is 0.571. The van der Waals surface area contributed by atoms with Crippen molar-refractivity contribution in [1.29, 1.82) is 0 Å². The number of nitrogens with two attached hydrogens (primary N) is 1. The first-order valence-corrected chi connectivity index (χ1v) is 6.75. The lowest BCUT2D eigenvalue weighted by molar-refractivity contribution is 0.0813. The predicted octanol–water partition coefficient (Wildman–Crippen LogP) is 3.60. The average molecular weight is 272 g/mol. The minimum atomic E-state index is -0.286. The third kappa shape index (κ3) is 2.53. The van der Waals surface area contributed by atoms with E-state index in [2.05, 4.69) is 6.92 Å². The SMILES string of the molecule is CCC1OCCC1C(N)c1cc(C)c(F)cc1Cl. The van der Waals surface area contributed by atoms with Gasteiger partial charge >= 0.3 is 0 Å². The van der Waals surface area contributed by atoms with E-state index < -0.39 is 0 Å². The topological polar surface area (TPSA) is 35.2 Å². The second kappa shape index (κ2) is 5.55. The zero-order valence-corrected chi connectivity index (χ0v) is 11.5. The smallest absolute Gasteiger partial charge is 0.127 e. The summed E-state index contributed by atoms with van der Waals surface area (Å²) < 4.78 is 19.0. The zero-order valence-electron chi connectivity index (χ0n) is 10.7. The fourth-order valence-electron chi connectivity index (χ4n) is 2.66. The first-order valence-electron chi connectivity index (χ1n) is 6.37. The Labute approximate surface area is 112 Å². The second-order valence-electron chi connectivity index (χ2n) is 4.92. The molecule has 2 nitrogen and oxygen atoms in total. The van der Waals surface area contributed by atoms with E-state index in [4.69, 9.17) is 22.1 Å². The number of rotatable bonds is 3.